The summed E-state index contributed by atoms with van der Waals surface area (Å²) in [5.41, 5.74) is -4.32. The van der Waals surface area contributed by atoms with E-state index in [0.29, 0.717) is 15.3 Å². The highest BCUT2D eigenvalue weighted by Gasteiger charge is 2.40. The summed E-state index contributed by atoms with van der Waals surface area (Å²) in [5.74, 6) is -2.88. The van der Waals surface area contributed by atoms with Crippen LogP contribution in [0.25, 0.3) is 11.4 Å². The van der Waals surface area contributed by atoms with E-state index >= 15 is 0 Å². The number of aliphatic hydroxyl groups is 1. The van der Waals surface area contributed by atoms with E-state index in [4.69, 9.17) is 11.6 Å². The fourth-order valence-electron chi connectivity index (χ4n) is 3.97. The monoisotopic (exact) mass is 620 g/mol. The van der Waals surface area contributed by atoms with Crippen molar-refractivity contribution in [1.29, 1.82) is 0 Å². The molecule has 11 nitrogen and oxygen atoms in total. The summed E-state index contributed by atoms with van der Waals surface area (Å²) < 4.78 is 85.0. The lowest BCUT2D eigenvalue weighted by atomic mass is 9.89. The van der Waals surface area contributed by atoms with Crippen molar-refractivity contribution >= 4 is 17.5 Å². The Morgan fingerprint density at radius 3 is 2.31 bits per heavy atom. The van der Waals surface area contributed by atoms with Crippen LogP contribution >= 0.6 is 11.6 Å². The quantitative estimate of drug-likeness (QED) is 0.257. The molecule has 18 heteroatoms. The zero-order chi connectivity index (χ0) is 31.0. The van der Waals surface area contributed by atoms with Crippen LogP contribution in [0.2, 0.25) is 5.02 Å². The first-order valence-corrected chi connectivity index (χ1v) is 12.1. The van der Waals surface area contributed by atoms with Crippen molar-refractivity contribution in [3.63, 3.8) is 0 Å². The zero-order valence-corrected chi connectivity index (χ0v) is 21.9. The number of carbonyl (C=O) groups is 1. The molecule has 3 N–H and O–H groups in total. The SMILES string of the molecule is C[C@@](NC(=O)Cn1nc(-c2ccc(Cl)cc2)n(C[C@H](O)C(F)(F)F)c1=O)(c1cccc(C(F)(F)F)c1)c1noc(=O)[nH]1. The Morgan fingerprint density at radius 1 is 1.10 bits per heavy atom. The highest BCUT2D eigenvalue weighted by molar-refractivity contribution is 6.30. The number of hydrogen-bond acceptors (Lipinski definition) is 7. The van der Waals surface area contributed by atoms with Gasteiger partial charge in [-0.05, 0) is 48.9 Å². The number of hydrogen-bond donors (Lipinski definition) is 3. The third-order valence-corrected chi connectivity index (χ3v) is 6.37. The molecule has 2 aromatic carbocycles. The second-order valence-corrected chi connectivity index (χ2v) is 9.57. The number of alkyl halides is 6. The fraction of sp³-hybridized carbons (Fsp3) is 0.292. The second-order valence-electron chi connectivity index (χ2n) is 9.13. The molecule has 0 saturated carbocycles. The van der Waals surface area contributed by atoms with Crippen LogP contribution in [0.15, 0.2) is 62.6 Å². The van der Waals surface area contributed by atoms with Gasteiger partial charge in [0.15, 0.2) is 17.8 Å². The summed E-state index contributed by atoms with van der Waals surface area (Å²) in [4.78, 5) is 40.0. The molecule has 0 aliphatic carbocycles. The van der Waals surface area contributed by atoms with Gasteiger partial charge in [0.2, 0.25) is 5.91 Å². The number of nitrogens with zero attached hydrogens (tertiary/aromatic N) is 4. The topological polar surface area (TPSA) is 148 Å². The Bertz CT molecular complexity index is 1710. The predicted octanol–water partition coefficient (Wildman–Crippen LogP) is 3.06. The maximum Gasteiger partial charge on any atom is 0.438 e. The van der Waals surface area contributed by atoms with E-state index in [0.717, 1.165) is 12.1 Å². The molecule has 0 aliphatic heterocycles. The first-order valence-electron chi connectivity index (χ1n) is 11.7. The van der Waals surface area contributed by atoms with Crippen LogP contribution in [0.3, 0.4) is 0 Å². The summed E-state index contributed by atoms with van der Waals surface area (Å²) in [6.45, 7) is -0.996. The van der Waals surface area contributed by atoms with Gasteiger partial charge in [-0.25, -0.2) is 14.3 Å². The maximum atomic E-state index is 13.4. The first kappa shape index (κ1) is 30.6. The average molecular weight is 621 g/mol. The van der Waals surface area contributed by atoms with E-state index in [2.05, 4.69) is 25.1 Å². The number of aromatic amines is 1. The van der Waals surface area contributed by atoms with Crippen molar-refractivity contribution in [3.05, 3.63) is 91.5 Å². The molecule has 0 aliphatic rings. The Morgan fingerprint density at radius 2 is 1.74 bits per heavy atom. The predicted molar refractivity (Wildman–Crippen MR) is 132 cm³/mol. The lowest BCUT2D eigenvalue weighted by molar-refractivity contribution is -0.207. The van der Waals surface area contributed by atoms with Gasteiger partial charge in [-0.1, -0.05) is 28.9 Å². The number of halogens is 7. The molecule has 42 heavy (non-hydrogen) atoms. The minimum atomic E-state index is -5.09. The highest BCUT2D eigenvalue weighted by atomic mass is 35.5. The molecular formula is C24H19ClF6N6O5. The third kappa shape index (κ3) is 6.41. The van der Waals surface area contributed by atoms with Crippen molar-refractivity contribution in [2.45, 2.75) is 44.0 Å². The van der Waals surface area contributed by atoms with Crippen molar-refractivity contribution < 1.29 is 40.8 Å². The number of H-pyrrole nitrogens is 1. The largest absolute Gasteiger partial charge is 0.438 e. The van der Waals surface area contributed by atoms with Crippen LogP contribution in [-0.4, -0.2) is 47.8 Å². The van der Waals surface area contributed by atoms with Gasteiger partial charge in [0.25, 0.3) is 0 Å². The van der Waals surface area contributed by atoms with E-state index in [1.165, 1.54) is 37.3 Å². The number of aromatic nitrogens is 5. The molecule has 224 valence electrons. The molecule has 4 aromatic rings. The molecule has 1 amide bonds. The maximum absolute atomic E-state index is 13.4. The van der Waals surface area contributed by atoms with Gasteiger partial charge in [0.1, 0.15) is 12.1 Å². The Kier molecular flexibility index (Phi) is 8.10. The van der Waals surface area contributed by atoms with Crippen LogP contribution < -0.4 is 16.8 Å². The van der Waals surface area contributed by atoms with Crippen LogP contribution in [0.1, 0.15) is 23.9 Å². The minimum Gasteiger partial charge on any atom is -0.382 e. The van der Waals surface area contributed by atoms with Gasteiger partial charge in [-0.15, -0.1) is 5.10 Å². The van der Waals surface area contributed by atoms with Gasteiger partial charge < -0.3 is 10.4 Å². The molecule has 2 aromatic heterocycles. The van der Waals surface area contributed by atoms with Crippen molar-refractivity contribution in [2.24, 2.45) is 0 Å². The summed E-state index contributed by atoms with van der Waals surface area (Å²) in [5, 5.41) is 19.7. The van der Waals surface area contributed by atoms with E-state index in [-0.39, 0.29) is 22.0 Å². The smallest absolute Gasteiger partial charge is 0.382 e. The number of benzene rings is 2. The van der Waals surface area contributed by atoms with Crippen LogP contribution in [0.4, 0.5) is 26.3 Å². The Balaban J connectivity index is 1.73. The van der Waals surface area contributed by atoms with Gasteiger partial charge in [0.05, 0.1) is 12.1 Å². The molecule has 0 radical (unpaired) electrons. The lowest BCUT2D eigenvalue weighted by Gasteiger charge is -2.29. The molecule has 0 bridgehead atoms. The number of amides is 1. The summed E-state index contributed by atoms with van der Waals surface area (Å²) >= 11 is 5.86. The third-order valence-electron chi connectivity index (χ3n) is 6.12. The van der Waals surface area contributed by atoms with E-state index in [9.17, 15) is 45.8 Å². The molecular weight excluding hydrogens is 602 g/mol. The van der Waals surface area contributed by atoms with Gasteiger partial charge >= 0.3 is 23.8 Å². The van der Waals surface area contributed by atoms with Crippen LogP contribution in [0, 0.1) is 0 Å². The van der Waals surface area contributed by atoms with E-state index in [1.807, 2.05) is 0 Å². The van der Waals surface area contributed by atoms with E-state index in [1.54, 1.807) is 0 Å². The van der Waals surface area contributed by atoms with Crippen molar-refractivity contribution in [3.8, 4) is 11.4 Å². The van der Waals surface area contributed by atoms with Crippen molar-refractivity contribution in [2.75, 3.05) is 0 Å². The second kappa shape index (κ2) is 11.1. The molecule has 0 unspecified atom stereocenters. The molecule has 0 spiro atoms. The van der Waals surface area contributed by atoms with Gasteiger partial charge in [-0.2, -0.15) is 26.3 Å². The number of aliphatic hydroxyl groups excluding tert-OH is 1. The van der Waals surface area contributed by atoms with Gasteiger partial charge in [-0.3, -0.25) is 18.9 Å². The summed E-state index contributed by atoms with van der Waals surface area (Å²) in [7, 11) is 0. The van der Waals surface area contributed by atoms with Gasteiger partial charge in [0, 0.05) is 10.6 Å². The zero-order valence-electron chi connectivity index (χ0n) is 21.1. The Labute approximate surface area is 235 Å². The van der Waals surface area contributed by atoms with Crippen molar-refractivity contribution in [1.82, 2.24) is 29.8 Å². The average Bonchev–Trinajstić information content (AvgIpc) is 3.47. The summed E-state index contributed by atoms with van der Waals surface area (Å²) in [6.07, 6.45) is -12.8. The first-order chi connectivity index (χ1) is 19.5. The van der Waals surface area contributed by atoms with E-state index < -0.39 is 65.8 Å². The lowest BCUT2D eigenvalue weighted by Crippen LogP contribution is -2.47. The normalized spacial score (nSPS) is 14.4. The van der Waals surface area contributed by atoms with Crippen LogP contribution in [0.5, 0.6) is 0 Å². The Hall–Kier alpha value is -4.38. The molecule has 0 saturated heterocycles. The molecule has 4 rings (SSSR count). The number of carbonyl (C=O) groups excluding carboxylic acids is 1. The van der Waals surface area contributed by atoms with Crippen LogP contribution in [-0.2, 0) is 29.6 Å². The molecule has 2 atom stereocenters. The minimum absolute atomic E-state index is 0.124. The highest BCUT2D eigenvalue weighted by Crippen LogP contribution is 2.34. The summed E-state index contributed by atoms with van der Waals surface area (Å²) in [6, 6.07) is 9.17. The fourth-order valence-corrected chi connectivity index (χ4v) is 4.10. The number of rotatable bonds is 8. The molecule has 0 fully saturated rings. The number of nitrogens with one attached hydrogen (secondary N) is 2. The standard InChI is InChI=1S/C24H19ClF6N6O5/c1-22(19-32-20(40)42-35-19,13-3-2-4-14(9-13)23(26,27)28)33-17(39)11-37-21(41)36(10-16(38)24(29,30)31)18(34-37)12-5-7-15(25)8-6-12/h2-9,16,38H,10-11H2,1H3,(H,33,39)(H,32,35,40)/t16-,22+/m0/s1. The molecule has 2 heterocycles.